The van der Waals surface area contributed by atoms with Gasteiger partial charge in [-0.1, -0.05) is 48.5 Å². The number of thiophene rings is 1. The fourth-order valence-electron chi connectivity index (χ4n) is 4.51. The molecule has 7 aromatic rings. The molecule has 4 heteroatoms. The van der Waals surface area contributed by atoms with Gasteiger partial charge in [0.25, 0.3) is 0 Å². The largest absolute Gasteiger partial charge is 0.436 e. The van der Waals surface area contributed by atoms with Gasteiger partial charge in [0, 0.05) is 37.1 Å². The number of oxazole rings is 1. The normalized spacial score (nSPS) is 11.4. The van der Waals surface area contributed by atoms with Crippen LogP contribution in [0.1, 0.15) is 0 Å². The fourth-order valence-corrected chi connectivity index (χ4v) is 5.60. The Kier molecular flexibility index (Phi) is 4.64. The standard InChI is InChI=1S/C31H20N2OS/c1-4-8-29-25(5-1)26-19-22(13-18-30(26)35-29)20-9-14-23(15-10-20)32-24-16-11-21(12-17-24)31-33-27-6-2-3-7-28(27)34-31/h1-19,32H. The van der Waals surface area contributed by atoms with Crippen LogP contribution in [0.3, 0.4) is 0 Å². The third-order valence-corrected chi connectivity index (χ3v) is 7.46. The Morgan fingerprint density at radius 3 is 2.03 bits per heavy atom. The van der Waals surface area contributed by atoms with Crippen molar-refractivity contribution in [2.24, 2.45) is 0 Å². The maximum Gasteiger partial charge on any atom is 0.227 e. The Hall–Kier alpha value is -4.41. The summed E-state index contributed by atoms with van der Waals surface area (Å²) < 4.78 is 8.54. The van der Waals surface area contributed by atoms with Crippen molar-refractivity contribution in [2.45, 2.75) is 0 Å². The lowest BCUT2D eigenvalue weighted by atomic mass is 10.0. The summed E-state index contributed by atoms with van der Waals surface area (Å²) in [5.41, 5.74) is 7.13. The predicted molar refractivity (Wildman–Crippen MR) is 147 cm³/mol. The van der Waals surface area contributed by atoms with Crippen molar-refractivity contribution in [2.75, 3.05) is 5.32 Å². The number of para-hydroxylation sites is 2. The van der Waals surface area contributed by atoms with E-state index in [-0.39, 0.29) is 0 Å². The second-order valence-corrected chi connectivity index (χ2v) is 9.66. The van der Waals surface area contributed by atoms with Gasteiger partial charge in [-0.25, -0.2) is 4.98 Å². The molecule has 0 fully saturated rings. The highest BCUT2D eigenvalue weighted by Crippen LogP contribution is 2.36. The van der Waals surface area contributed by atoms with Crippen LogP contribution < -0.4 is 5.32 Å². The molecule has 0 aliphatic heterocycles. The number of fused-ring (bicyclic) bond motifs is 4. The number of nitrogens with zero attached hydrogens (tertiary/aromatic N) is 1. The maximum absolute atomic E-state index is 5.88. The Labute approximate surface area is 206 Å². The van der Waals surface area contributed by atoms with Crippen molar-refractivity contribution < 1.29 is 4.42 Å². The molecule has 1 N–H and O–H groups in total. The molecule has 0 radical (unpaired) electrons. The molecule has 0 amide bonds. The number of hydrogen-bond donors (Lipinski definition) is 1. The summed E-state index contributed by atoms with van der Waals surface area (Å²) in [4.78, 5) is 4.58. The lowest BCUT2D eigenvalue weighted by molar-refractivity contribution is 0.620. The molecular formula is C31H20N2OS. The van der Waals surface area contributed by atoms with Crippen LogP contribution in [0.5, 0.6) is 0 Å². The van der Waals surface area contributed by atoms with Gasteiger partial charge in [-0.2, -0.15) is 0 Å². The number of hydrogen-bond acceptors (Lipinski definition) is 4. The van der Waals surface area contributed by atoms with Crippen molar-refractivity contribution in [1.82, 2.24) is 4.98 Å². The molecule has 3 nitrogen and oxygen atoms in total. The molecule has 35 heavy (non-hydrogen) atoms. The highest BCUT2D eigenvalue weighted by Gasteiger charge is 2.09. The first kappa shape index (κ1) is 20.0. The summed E-state index contributed by atoms with van der Waals surface area (Å²) in [5, 5.41) is 6.14. The van der Waals surface area contributed by atoms with Crippen LogP contribution in [0, 0.1) is 0 Å². The van der Waals surface area contributed by atoms with Crippen molar-refractivity contribution in [3.05, 3.63) is 115 Å². The second-order valence-electron chi connectivity index (χ2n) is 8.58. The summed E-state index contributed by atoms with van der Waals surface area (Å²) in [5.74, 6) is 0.637. The smallest absolute Gasteiger partial charge is 0.227 e. The van der Waals surface area contributed by atoms with E-state index in [1.807, 2.05) is 59.9 Å². The zero-order valence-corrected chi connectivity index (χ0v) is 19.5. The minimum absolute atomic E-state index is 0.637. The molecule has 7 rings (SSSR count). The van der Waals surface area contributed by atoms with E-state index >= 15 is 0 Å². The van der Waals surface area contributed by atoms with Gasteiger partial charge in [0.2, 0.25) is 5.89 Å². The van der Waals surface area contributed by atoms with Crippen molar-refractivity contribution >= 4 is 54.0 Å². The minimum Gasteiger partial charge on any atom is -0.436 e. The van der Waals surface area contributed by atoms with E-state index < -0.39 is 0 Å². The van der Waals surface area contributed by atoms with Crippen molar-refractivity contribution in [1.29, 1.82) is 0 Å². The van der Waals surface area contributed by atoms with Gasteiger partial charge in [0.15, 0.2) is 5.58 Å². The van der Waals surface area contributed by atoms with Crippen LogP contribution in [0.25, 0.3) is 53.9 Å². The quantitative estimate of drug-likeness (QED) is 0.280. The minimum atomic E-state index is 0.637. The van der Waals surface area contributed by atoms with Crippen LogP contribution in [0.4, 0.5) is 11.4 Å². The number of rotatable bonds is 4. The maximum atomic E-state index is 5.88. The molecular weight excluding hydrogens is 448 g/mol. The van der Waals surface area contributed by atoms with E-state index in [4.69, 9.17) is 4.42 Å². The second kappa shape index (κ2) is 8.12. The first-order chi connectivity index (χ1) is 17.3. The Morgan fingerprint density at radius 2 is 1.23 bits per heavy atom. The van der Waals surface area contributed by atoms with Gasteiger partial charge >= 0.3 is 0 Å². The molecule has 0 saturated heterocycles. The molecule has 5 aromatic carbocycles. The number of aromatic nitrogens is 1. The average molecular weight is 469 g/mol. The Bertz CT molecular complexity index is 1780. The lowest BCUT2D eigenvalue weighted by Crippen LogP contribution is -1.90. The summed E-state index contributed by atoms with van der Waals surface area (Å²) >= 11 is 1.85. The molecule has 2 heterocycles. The summed E-state index contributed by atoms with van der Waals surface area (Å²) in [6.45, 7) is 0. The molecule has 2 aromatic heterocycles. The molecule has 0 aliphatic rings. The average Bonchev–Trinajstić information content (AvgIpc) is 3.51. The van der Waals surface area contributed by atoms with Crippen molar-refractivity contribution in [3.63, 3.8) is 0 Å². The highest BCUT2D eigenvalue weighted by atomic mass is 32.1. The van der Waals surface area contributed by atoms with E-state index in [0.29, 0.717) is 5.89 Å². The fraction of sp³-hybridized carbons (Fsp3) is 0. The monoisotopic (exact) mass is 468 g/mol. The number of benzene rings is 5. The molecule has 0 aliphatic carbocycles. The first-order valence-electron chi connectivity index (χ1n) is 11.5. The van der Waals surface area contributed by atoms with Crippen LogP contribution in [0.2, 0.25) is 0 Å². The van der Waals surface area contributed by atoms with E-state index in [2.05, 4.69) is 77.0 Å². The van der Waals surface area contributed by atoms with Crippen LogP contribution in [0.15, 0.2) is 120 Å². The Morgan fingerprint density at radius 1 is 0.571 bits per heavy atom. The van der Waals surface area contributed by atoms with Gasteiger partial charge in [0.1, 0.15) is 5.52 Å². The van der Waals surface area contributed by atoms with E-state index in [1.54, 1.807) is 0 Å². The van der Waals surface area contributed by atoms with Gasteiger partial charge in [0.05, 0.1) is 0 Å². The molecule has 166 valence electrons. The van der Waals surface area contributed by atoms with Gasteiger partial charge < -0.3 is 9.73 Å². The number of nitrogens with one attached hydrogen (secondary N) is 1. The van der Waals surface area contributed by atoms with Crippen LogP contribution in [-0.2, 0) is 0 Å². The topological polar surface area (TPSA) is 38.1 Å². The zero-order chi connectivity index (χ0) is 23.2. The van der Waals surface area contributed by atoms with E-state index in [9.17, 15) is 0 Å². The number of anilines is 2. The lowest BCUT2D eigenvalue weighted by Gasteiger charge is -2.09. The molecule has 0 bridgehead atoms. The summed E-state index contributed by atoms with van der Waals surface area (Å²) in [6.07, 6.45) is 0. The van der Waals surface area contributed by atoms with Gasteiger partial charge in [-0.3, -0.25) is 0 Å². The third-order valence-electron chi connectivity index (χ3n) is 6.31. The molecule has 0 saturated carbocycles. The Balaban J connectivity index is 1.12. The molecule has 0 spiro atoms. The SMILES string of the molecule is c1ccc2oc(-c3ccc(Nc4ccc(-c5ccc6sc7ccccc7c6c5)cc4)cc3)nc2c1. The summed E-state index contributed by atoms with van der Waals surface area (Å²) in [6, 6.07) is 39.9. The predicted octanol–water partition coefficient (Wildman–Crippen LogP) is 9.27. The van der Waals surface area contributed by atoms with Crippen LogP contribution in [-0.4, -0.2) is 4.98 Å². The van der Waals surface area contributed by atoms with E-state index in [1.165, 1.54) is 31.3 Å². The van der Waals surface area contributed by atoms with Crippen LogP contribution >= 0.6 is 11.3 Å². The molecule has 0 atom stereocenters. The van der Waals surface area contributed by atoms with E-state index in [0.717, 1.165) is 28.0 Å². The highest BCUT2D eigenvalue weighted by molar-refractivity contribution is 7.25. The van der Waals surface area contributed by atoms with Crippen molar-refractivity contribution in [3.8, 4) is 22.6 Å². The van der Waals surface area contributed by atoms with Gasteiger partial charge in [-0.15, -0.1) is 11.3 Å². The third kappa shape index (κ3) is 3.65. The molecule has 0 unspecified atom stereocenters. The zero-order valence-electron chi connectivity index (χ0n) is 18.7. The van der Waals surface area contributed by atoms with Gasteiger partial charge in [-0.05, 0) is 77.9 Å². The summed E-state index contributed by atoms with van der Waals surface area (Å²) in [7, 11) is 0. The first-order valence-corrected chi connectivity index (χ1v) is 12.4.